The van der Waals surface area contributed by atoms with Crippen molar-refractivity contribution in [3.8, 4) is 0 Å². The Morgan fingerprint density at radius 2 is 1.70 bits per heavy atom. The number of hydrogen-bond acceptors (Lipinski definition) is 4. The number of morpholine rings is 1. The molecular weight excluding hydrogens is 366 g/mol. The number of nitrogens with zero attached hydrogens (tertiary/aromatic N) is 2. The third-order valence-electron chi connectivity index (χ3n) is 4.58. The topological polar surface area (TPSA) is 79.6 Å². The molecule has 0 unspecified atom stereocenters. The molecular formula is C19H24N3O4S+. The number of nitrogens with one attached hydrogen (secondary N) is 1. The van der Waals surface area contributed by atoms with Crippen molar-refractivity contribution in [3.63, 3.8) is 0 Å². The van der Waals surface area contributed by atoms with E-state index in [1.807, 2.05) is 42.9 Å². The highest BCUT2D eigenvalue weighted by Crippen LogP contribution is 2.19. The normalized spacial score (nSPS) is 16.7. The third kappa shape index (κ3) is 4.52. The molecule has 1 aromatic heterocycles. The molecule has 0 radical (unpaired) electrons. The number of carbonyl (C=O) groups is 1. The SMILES string of the molecule is Cc1cc[n+]([C@@H](C)C(=O)Nc2ccc(S(=O)(=O)N3CCOCC3)cc2)cc1. The summed E-state index contributed by atoms with van der Waals surface area (Å²) in [5, 5.41) is 2.82. The summed E-state index contributed by atoms with van der Waals surface area (Å²) in [4.78, 5) is 12.7. The quantitative estimate of drug-likeness (QED) is 0.785. The first-order valence-corrected chi connectivity index (χ1v) is 10.3. The Balaban J connectivity index is 1.68. The number of carbonyl (C=O) groups excluding carboxylic acids is 1. The van der Waals surface area contributed by atoms with Gasteiger partial charge in [-0.3, -0.25) is 4.79 Å². The van der Waals surface area contributed by atoms with E-state index in [1.54, 1.807) is 12.1 Å². The van der Waals surface area contributed by atoms with Gasteiger partial charge in [-0.1, -0.05) is 0 Å². The van der Waals surface area contributed by atoms with Crippen LogP contribution in [0.2, 0.25) is 0 Å². The molecule has 2 heterocycles. The first-order valence-electron chi connectivity index (χ1n) is 8.84. The number of benzene rings is 1. The molecule has 1 fully saturated rings. The summed E-state index contributed by atoms with van der Waals surface area (Å²) in [6, 6.07) is 9.75. The van der Waals surface area contributed by atoms with E-state index in [4.69, 9.17) is 4.74 Å². The van der Waals surface area contributed by atoms with E-state index in [9.17, 15) is 13.2 Å². The summed E-state index contributed by atoms with van der Waals surface area (Å²) < 4.78 is 33.7. The largest absolute Gasteiger partial charge is 0.379 e. The molecule has 27 heavy (non-hydrogen) atoms. The van der Waals surface area contributed by atoms with Gasteiger partial charge in [-0.25, -0.2) is 8.42 Å². The van der Waals surface area contributed by atoms with E-state index in [-0.39, 0.29) is 16.8 Å². The number of anilines is 1. The molecule has 8 heteroatoms. The summed E-state index contributed by atoms with van der Waals surface area (Å²) in [7, 11) is -3.53. The van der Waals surface area contributed by atoms with Gasteiger partial charge in [-0.15, -0.1) is 0 Å². The van der Waals surface area contributed by atoms with E-state index in [2.05, 4.69) is 5.32 Å². The fourth-order valence-electron chi connectivity index (χ4n) is 2.80. The van der Waals surface area contributed by atoms with Gasteiger partial charge < -0.3 is 10.1 Å². The number of amides is 1. The molecule has 1 N–H and O–H groups in total. The molecule has 1 amide bonds. The Kier molecular flexibility index (Phi) is 5.88. The van der Waals surface area contributed by atoms with Gasteiger partial charge in [-0.2, -0.15) is 8.87 Å². The Morgan fingerprint density at radius 1 is 1.11 bits per heavy atom. The number of hydrogen-bond donors (Lipinski definition) is 1. The van der Waals surface area contributed by atoms with E-state index < -0.39 is 10.0 Å². The van der Waals surface area contributed by atoms with Crippen molar-refractivity contribution in [2.75, 3.05) is 31.6 Å². The smallest absolute Gasteiger partial charge is 0.293 e. The molecule has 0 spiro atoms. The van der Waals surface area contributed by atoms with Crippen molar-refractivity contribution in [3.05, 3.63) is 54.4 Å². The minimum Gasteiger partial charge on any atom is -0.379 e. The van der Waals surface area contributed by atoms with Crippen molar-refractivity contribution >= 4 is 21.6 Å². The van der Waals surface area contributed by atoms with Crippen LogP contribution in [0.1, 0.15) is 18.5 Å². The molecule has 0 saturated carbocycles. The van der Waals surface area contributed by atoms with Crippen LogP contribution in [0.4, 0.5) is 5.69 Å². The van der Waals surface area contributed by atoms with Crippen molar-refractivity contribution < 1.29 is 22.5 Å². The number of pyridine rings is 1. The Morgan fingerprint density at radius 3 is 2.30 bits per heavy atom. The molecule has 0 aliphatic carbocycles. The fraction of sp³-hybridized carbons (Fsp3) is 0.368. The molecule has 3 rings (SSSR count). The van der Waals surface area contributed by atoms with Crippen LogP contribution in [0.15, 0.2) is 53.7 Å². The lowest BCUT2D eigenvalue weighted by Crippen LogP contribution is -2.44. The van der Waals surface area contributed by atoms with E-state index in [0.717, 1.165) is 5.56 Å². The summed E-state index contributed by atoms with van der Waals surface area (Å²) in [6.45, 7) is 5.31. The van der Waals surface area contributed by atoms with Crippen molar-refractivity contribution in [2.45, 2.75) is 24.8 Å². The Hall–Kier alpha value is -2.29. The maximum atomic E-state index is 12.6. The number of aryl methyl sites for hydroxylation is 1. The maximum Gasteiger partial charge on any atom is 0.293 e. The molecule has 144 valence electrons. The average molecular weight is 390 g/mol. The predicted molar refractivity (Wildman–Crippen MR) is 101 cm³/mol. The molecule has 1 saturated heterocycles. The van der Waals surface area contributed by atoms with Crippen LogP contribution in [0, 0.1) is 6.92 Å². The van der Waals surface area contributed by atoms with Crippen LogP contribution in [0.5, 0.6) is 0 Å². The van der Waals surface area contributed by atoms with Crippen molar-refractivity contribution in [1.29, 1.82) is 0 Å². The second kappa shape index (κ2) is 8.16. The predicted octanol–water partition coefficient (Wildman–Crippen LogP) is 1.50. The highest BCUT2D eigenvalue weighted by atomic mass is 32.2. The van der Waals surface area contributed by atoms with Gasteiger partial charge in [0.2, 0.25) is 16.1 Å². The standard InChI is InChI=1S/C19H23N3O4S/c1-15-7-9-21(10-8-15)16(2)19(23)20-17-3-5-18(6-4-17)27(24,25)22-11-13-26-14-12-22/h3-10,16H,11-14H2,1-2H3/p+1/t16-/m0/s1. The third-order valence-corrected chi connectivity index (χ3v) is 6.49. The lowest BCUT2D eigenvalue weighted by atomic mass is 10.2. The van der Waals surface area contributed by atoms with Gasteiger partial charge >= 0.3 is 0 Å². The van der Waals surface area contributed by atoms with Gasteiger partial charge in [0.1, 0.15) is 0 Å². The molecule has 7 nitrogen and oxygen atoms in total. The van der Waals surface area contributed by atoms with Crippen molar-refractivity contribution in [2.24, 2.45) is 0 Å². The molecule has 1 atom stereocenters. The zero-order valence-electron chi connectivity index (χ0n) is 15.5. The number of aromatic nitrogens is 1. The highest BCUT2D eigenvalue weighted by Gasteiger charge is 2.26. The van der Waals surface area contributed by atoms with Crippen LogP contribution in [0.25, 0.3) is 0 Å². The van der Waals surface area contributed by atoms with Crippen LogP contribution in [0.3, 0.4) is 0 Å². The second-order valence-corrected chi connectivity index (χ2v) is 8.47. The molecule has 1 aromatic carbocycles. The fourth-order valence-corrected chi connectivity index (χ4v) is 4.21. The molecule has 1 aliphatic heterocycles. The lowest BCUT2D eigenvalue weighted by Gasteiger charge is -2.26. The van der Waals surface area contributed by atoms with Gasteiger partial charge in [0.15, 0.2) is 12.4 Å². The van der Waals surface area contributed by atoms with Gasteiger partial charge in [-0.05, 0) is 36.8 Å². The first-order chi connectivity index (χ1) is 12.9. The number of ether oxygens (including phenoxy) is 1. The zero-order chi connectivity index (χ0) is 19.4. The minimum atomic E-state index is -3.53. The summed E-state index contributed by atoms with van der Waals surface area (Å²) in [5.41, 5.74) is 1.68. The highest BCUT2D eigenvalue weighted by molar-refractivity contribution is 7.89. The zero-order valence-corrected chi connectivity index (χ0v) is 16.3. The number of rotatable bonds is 5. The van der Waals surface area contributed by atoms with Crippen LogP contribution < -0.4 is 9.88 Å². The first kappa shape index (κ1) is 19.5. The van der Waals surface area contributed by atoms with Crippen molar-refractivity contribution in [1.82, 2.24) is 4.31 Å². The molecule has 2 aromatic rings. The van der Waals surface area contributed by atoms with E-state index in [0.29, 0.717) is 32.0 Å². The molecule has 1 aliphatic rings. The lowest BCUT2D eigenvalue weighted by molar-refractivity contribution is -0.705. The summed E-state index contributed by atoms with van der Waals surface area (Å²) in [5.74, 6) is -0.173. The Bertz CT molecular complexity index is 890. The second-order valence-electron chi connectivity index (χ2n) is 6.53. The van der Waals surface area contributed by atoms with Crippen LogP contribution in [-0.2, 0) is 19.6 Å². The average Bonchev–Trinajstić information content (AvgIpc) is 2.69. The maximum absolute atomic E-state index is 12.6. The van der Waals surface area contributed by atoms with Gasteiger partial charge in [0.25, 0.3) is 5.91 Å². The van der Waals surface area contributed by atoms with Gasteiger partial charge in [0, 0.05) is 37.8 Å². The monoisotopic (exact) mass is 390 g/mol. The summed E-state index contributed by atoms with van der Waals surface area (Å²) >= 11 is 0. The number of sulfonamides is 1. The van der Waals surface area contributed by atoms with E-state index in [1.165, 1.54) is 16.4 Å². The molecule has 0 bridgehead atoms. The van der Waals surface area contributed by atoms with Gasteiger partial charge in [0.05, 0.1) is 18.1 Å². The van der Waals surface area contributed by atoms with E-state index >= 15 is 0 Å². The minimum absolute atomic E-state index is 0.173. The van der Waals surface area contributed by atoms with Crippen LogP contribution in [-0.4, -0.2) is 44.9 Å². The summed E-state index contributed by atoms with van der Waals surface area (Å²) in [6.07, 6.45) is 3.72. The van der Waals surface area contributed by atoms with Crippen LogP contribution >= 0.6 is 0 Å². The Labute approximate surface area is 159 Å².